The first-order valence-electron chi connectivity index (χ1n) is 5.47. The zero-order valence-corrected chi connectivity index (χ0v) is 8.92. The van der Waals surface area contributed by atoms with Crippen molar-refractivity contribution in [3.05, 3.63) is 54.2 Å². The topological polar surface area (TPSA) is 34.9 Å². The summed E-state index contributed by atoms with van der Waals surface area (Å²) >= 11 is 0. The SMILES string of the molecule is O=C1c2cccnc2-c2cc3ccccc3n21. The van der Waals surface area contributed by atoms with Crippen LogP contribution in [0.15, 0.2) is 48.7 Å². The molecule has 3 nitrogen and oxygen atoms in total. The molecule has 1 aliphatic rings. The Morgan fingerprint density at radius 2 is 1.94 bits per heavy atom. The molecule has 0 N–H and O–H groups in total. The maximum absolute atomic E-state index is 12.3. The van der Waals surface area contributed by atoms with Crippen molar-refractivity contribution in [3.8, 4) is 11.4 Å². The van der Waals surface area contributed by atoms with Gasteiger partial charge >= 0.3 is 0 Å². The van der Waals surface area contributed by atoms with Crippen LogP contribution in [-0.2, 0) is 0 Å². The number of carbonyl (C=O) groups is 1. The number of carbonyl (C=O) groups excluding carboxylic acids is 1. The van der Waals surface area contributed by atoms with Crippen LogP contribution in [0.3, 0.4) is 0 Å². The van der Waals surface area contributed by atoms with Crippen molar-refractivity contribution in [2.75, 3.05) is 0 Å². The minimum atomic E-state index is 0.0179. The van der Waals surface area contributed by atoms with Gasteiger partial charge in [0.25, 0.3) is 5.91 Å². The van der Waals surface area contributed by atoms with E-state index >= 15 is 0 Å². The molecule has 0 amide bonds. The van der Waals surface area contributed by atoms with Crippen LogP contribution in [0.1, 0.15) is 10.4 Å². The summed E-state index contributed by atoms with van der Waals surface area (Å²) in [6, 6.07) is 13.5. The molecular formula is C14H8N2O. The first-order chi connectivity index (χ1) is 8.36. The van der Waals surface area contributed by atoms with E-state index in [0.717, 1.165) is 22.3 Å². The summed E-state index contributed by atoms with van der Waals surface area (Å²) in [6.07, 6.45) is 1.72. The highest BCUT2D eigenvalue weighted by Crippen LogP contribution is 2.35. The lowest BCUT2D eigenvalue weighted by atomic mass is 10.1. The van der Waals surface area contributed by atoms with Gasteiger partial charge in [-0.2, -0.15) is 0 Å². The quantitative estimate of drug-likeness (QED) is 0.456. The van der Waals surface area contributed by atoms with E-state index in [1.807, 2.05) is 36.4 Å². The largest absolute Gasteiger partial charge is 0.274 e. The van der Waals surface area contributed by atoms with Gasteiger partial charge in [-0.05, 0) is 24.3 Å². The molecule has 1 aliphatic heterocycles. The minimum absolute atomic E-state index is 0.0179. The molecule has 3 heteroatoms. The highest BCUT2D eigenvalue weighted by molar-refractivity contribution is 6.13. The number of hydrogen-bond acceptors (Lipinski definition) is 2. The van der Waals surface area contributed by atoms with Crippen LogP contribution < -0.4 is 0 Å². The number of aromatic nitrogens is 2. The third kappa shape index (κ3) is 0.959. The highest BCUT2D eigenvalue weighted by Gasteiger charge is 2.28. The van der Waals surface area contributed by atoms with Gasteiger partial charge in [0.05, 0.1) is 22.5 Å². The molecule has 0 radical (unpaired) electrons. The molecule has 17 heavy (non-hydrogen) atoms. The highest BCUT2D eigenvalue weighted by atomic mass is 16.2. The molecule has 3 heterocycles. The zero-order chi connectivity index (χ0) is 11.4. The molecule has 0 unspecified atom stereocenters. The third-order valence-electron chi connectivity index (χ3n) is 3.19. The van der Waals surface area contributed by atoms with Crippen molar-refractivity contribution in [2.24, 2.45) is 0 Å². The Kier molecular flexibility index (Phi) is 1.45. The maximum atomic E-state index is 12.3. The second-order valence-corrected chi connectivity index (χ2v) is 4.13. The Morgan fingerprint density at radius 1 is 1.06 bits per heavy atom. The number of rotatable bonds is 0. The van der Waals surface area contributed by atoms with E-state index in [9.17, 15) is 4.79 Å². The monoisotopic (exact) mass is 220 g/mol. The van der Waals surface area contributed by atoms with Crippen LogP contribution in [0.25, 0.3) is 22.3 Å². The standard InChI is InChI=1S/C14H8N2O/c17-14-10-5-3-7-15-13(10)12-8-9-4-1-2-6-11(9)16(12)14/h1-8H. The summed E-state index contributed by atoms with van der Waals surface area (Å²) in [5, 5.41) is 1.08. The van der Waals surface area contributed by atoms with E-state index in [1.54, 1.807) is 16.8 Å². The number of hydrogen-bond donors (Lipinski definition) is 0. The normalized spacial score (nSPS) is 12.8. The molecule has 3 aromatic rings. The van der Waals surface area contributed by atoms with Gasteiger partial charge in [0.2, 0.25) is 0 Å². The number of nitrogens with zero attached hydrogens (tertiary/aromatic N) is 2. The van der Waals surface area contributed by atoms with Crippen molar-refractivity contribution >= 4 is 16.8 Å². The van der Waals surface area contributed by atoms with Crippen LogP contribution in [0.4, 0.5) is 0 Å². The fourth-order valence-corrected chi connectivity index (χ4v) is 2.45. The van der Waals surface area contributed by atoms with Crippen molar-refractivity contribution in [1.82, 2.24) is 9.55 Å². The lowest BCUT2D eigenvalue weighted by Gasteiger charge is -1.97. The van der Waals surface area contributed by atoms with Gasteiger partial charge in [0.1, 0.15) is 0 Å². The summed E-state index contributed by atoms with van der Waals surface area (Å²) in [7, 11) is 0. The average molecular weight is 220 g/mol. The smallest absolute Gasteiger partial charge is 0.265 e. The number of fused-ring (bicyclic) bond motifs is 5. The Balaban J connectivity index is 2.19. The van der Waals surface area contributed by atoms with Crippen LogP contribution in [0, 0.1) is 0 Å². The third-order valence-corrected chi connectivity index (χ3v) is 3.19. The Hall–Kier alpha value is -2.42. The zero-order valence-electron chi connectivity index (χ0n) is 8.92. The molecule has 0 fully saturated rings. The van der Waals surface area contributed by atoms with Crippen molar-refractivity contribution in [3.63, 3.8) is 0 Å². The first-order valence-corrected chi connectivity index (χ1v) is 5.47. The van der Waals surface area contributed by atoms with Gasteiger partial charge in [-0.3, -0.25) is 14.3 Å². The summed E-state index contributed by atoms with van der Waals surface area (Å²) in [6.45, 7) is 0. The van der Waals surface area contributed by atoms with Gasteiger partial charge < -0.3 is 0 Å². The molecule has 80 valence electrons. The molecule has 0 bridgehead atoms. The summed E-state index contributed by atoms with van der Waals surface area (Å²) in [5.74, 6) is 0.0179. The van der Waals surface area contributed by atoms with E-state index in [0.29, 0.717) is 5.56 Å². The molecule has 0 spiro atoms. The number of para-hydroxylation sites is 1. The van der Waals surface area contributed by atoms with Gasteiger partial charge in [-0.15, -0.1) is 0 Å². The summed E-state index contributed by atoms with van der Waals surface area (Å²) in [5.41, 5.74) is 3.32. The van der Waals surface area contributed by atoms with Gasteiger partial charge in [-0.1, -0.05) is 18.2 Å². The van der Waals surface area contributed by atoms with Crippen LogP contribution in [-0.4, -0.2) is 15.5 Å². The predicted octanol–water partition coefficient (Wildman–Crippen LogP) is 2.71. The van der Waals surface area contributed by atoms with Crippen LogP contribution in [0.2, 0.25) is 0 Å². The molecule has 0 aliphatic carbocycles. The second kappa shape index (κ2) is 2.83. The lowest BCUT2D eigenvalue weighted by molar-refractivity contribution is 0.0973. The fourth-order valence-electron chi connectivity index (χ4n) is 2.45. The molecule has 0 saturated heterocycles. The van der Waals surface area contributed by atoms with Crippen LogP contribution in [0.5, 0.6) is 0 Å². The fraction of sp³-hybridized carbons (Fsp3) is 0. The van der Waals surface area contributed by atoms with E-state index in [1.165, 1.54) is 0 Å². The van der Waals surface area contributed by atoms with E-state index in [2.05, 4.69) is 4.98 Å². The maximum Gasteiger partial charge on any atom is 0.265 e. The van der Waals surface area contributed by atoms with E-state index < -0.39 is 0 Å². The number of benzene rings is 1. The van der Waals surface area contributed by atoms with Gasteiger partial charge in [0, 0.05) is 11.6 Å². The Bertz CT molecular complexity index is 771. The molecular weight excluding hydrogens is 212 g/mol. The molecule has 0 saturated carbocycles. The Labute approximate surface area is 97.3 Å². The average Bonchev–Trinajstić information content (AvgIpc) is 2.88. The minimum Gasteiger partial charge on any atom is -0.274 e. The molecule has 1 aromatic carbocycles. The number of pyridine rings is 1. The molecule has 2 aromatic heterocycles. The predicted molar refractivity (Wildman–Crippen MR) is 64.9 cm³/mol. The summed E-state index contributed by atoms with van der Waals surface area (Å²) < 4.78 is 1.74. The van der Waals surface area contributed by atoms with E-state index in [-0.39, 0.29) is 5.91 Å². The van der Waals surface area contributed by atoms with E-state index in [4.69, 9.17) is 0 Å². The first kappa shape index (κ1) is 8.70. The second-order valence-electron chi connectivity index (χ2n) is 4.13. The van der Waals surface area contributed by atoms with Crippen molar-refractivity contribution in [1.29, 1.82) is 0 Å². The summed E-state index contributed by atoms with van der Waals surface area (Å²) in [4.78, 5) is 16.6. The molecule has 4 rings (SSSR count). The van der Waals surface area contributed by atoms with Crippen molar-refractivity contribution < 1.29 is 4.79 Å². The molecule has 0 atom stereocenters. The van der Waals surface area contributed by atoms with Crippen molar-refractivity contribution in [2.45, 2.75) is 0 Å². The van der Waals surface area contributed by atoms with Gasteiger partial charge in [0.15, 0.2) is 0 Å². The van der Waals surface area contributed by atoms with Crippen LogP contribution >= 0.6 is 0 Å². The van der Waals surface area contributed by atoms with Gasteiger partial charge in [-0.25, -0.2) is 0 Å². The Morgan fingerprint density at radius 3 is 2.88 bits per heavy atom. The lowest BCUT2D eigenvalue weighted by Crippen LogP contribution is -2.05.